The summed E-state index contributed by atoms with van der Waals surface area (Å²) >= 11 is 0. The molecule has 0 aliphatic heterocycles. The second kappa shape index (κ2) is 5.40. The van der Waals surface area contributed by atoms with Crippen molar-refractivity contribution >= 4 is 17.6 Å². The van der Waals surface area contributed by atoms with Crippen LogP contribution in [0.25, 0.3) is 0 Å². The van der Waals surface area contributed by atoms with Gasteiger partial charge < -0.3 is 15.5 Å². The summed E-state index contributed by atoms with van der Waals surface area (Å²) in [5, 5.41) is 21.0. The van der Waals surface area contributed by atoms with E-state index < -0.39 is 11.9 Å². The van der Waals surface area contributed by atoms with Crippen molar-refractivity contribution in [3.8, 4) is 5.75 Å². The molecular weight excluding hydrogens is 260 g/mol. The number of benzene rings is 1. The maximum atomic E-state index is 12.0. The summed E-state index contributed by atoms with van der Waals surface area (Å²) in [5.41, 5.74) is 1.01. The molecule has 2 rings (SSSR count). The number of carbonyl (C=O) groups excluding carboxylic acids is 1. The van der Waals surface area contributed by atoms with E-state index in [1.807, 2.05) is 0 Å². The fraction of sp³-hybridized carbons (Fsp3) is 0.0714. The first kappa shape index (κ1) is 13.5. The number of carboxylic acid groups (broad SMARTS) is 1. The maximum Gasteiger partial charge on any atom is 0.335 e. The summed E-state index contributed by atoms with van der Waals surface area (Å²) in [5.74, 6) is -1.94. The predicted molar refractivity (Wildman–Crippen MR) is 72.0 cm³/mol. The minimum absolute atomic E-state index is 0.0606. The molecule has 0 unspecified atom stereocenters. The second-order valence-electron chi connectivity index (χ2n) is 4.16. The predicted octanol–water partition coefficient (Wildman–Crippen LogP) is 2.05. The standard InChI is InChI=1S/C14H12N2O4/c1-8-3-2-6-15-12(8)13(18)16-10-5-4-9(14(19)20)7-11(10)17/h2-7,17H,1H3,(H,16,18)(H,19,20). The quantitative estimate of drug-likeness (QED) is 0.742. The van der Waals surface area contributed by atoms with Gasteiger partial charge in [-0.15, -0.1) is 0 Å². The lowest BCUT2D eigenvalue weighted by Gasteiger charge is -2.08. The van der Waals surface area contributed by atoms with Crippen LogP contribution in [0.4, 0.5) is 5.69 Å². The monoisotopic (exact) mass is 272 g/mol. The smallest absolute Gasteiger partial charge is 0.335 e. The van der Waals surface area contributed by atoms with E-state index in [2.05, 4.69) is 10.3 Å². The first-order valence-corrected chi connectivity index (χ1v) is 5.78. The first-order chi connectivity index (χ1) is 9.49. The van der Waals surface area contributed by atoms with Crippen molar-refractivity contribution in [1.82, 2.24) is 4.98 Å². The van der Waals surface area contributed by atoms with Gasteiger partial charge in [-0.3, -0.25) is 9.78 Å². The molecule has 102 valence electrons. The van der Waals surface area contributed by atoms with Crippen LogP contribution in [0.5, 0.6) is 5.75 Å². The average molecular weight is 272 g/mol. The van der Waals surface area contributed by atoms with Gasteiger partial charge in [-0.25, -0.2) is 4.79 Å². The van der Waals surface area contributed by atoms with Gasteiger partial charge in [0.15, 0.2) is 0 Å². The SMILES string of the molecule is Cc1cccnc1C(=O)Nc1ccc(C(=O)O)cc1O. The second-order valence-corrected chi connectivity index (χ2v) is 4.16. The van der Waals surface area contributed by atoms with E-state index in [0.717, 1.165) is 6.07 Å². The van der Waals surface area contributed by atoms with Crippen molar-refractivity contribution in [2.24, 2.45) is 0 Å². The Hall–Kier alpha value is -2.89. The number of aromatic carboxylic acids is 1. The summed E-state index contributed by atoms with van der Waals surface area (Å²) < 4.78 is 0. The van der Waals surface area contributed by atoms with Gasteiger partial charge in [-0.05, 0) is 36.8 Å². The van der Waals surface area contributed by atoms with E-state index in [1.54, 1.807) is 19.1 Å². The number of aromatic hydroxyl groups is 1. The van der Waals surface area contributed by atoms with Gasteiger partial charge in [0.25, 0.3) is 5.91 Å². The van der Waals surface area contributed by atoms with Gasteiger partial charge in [0.1, 0.15) is 11.4 Å². The number of rotatable bonds is 3. The number of pyridine rings is 1. The topological polar surface area (TPSA) is 99.5 Å². The Morgan fingerprint density at radius 2 is 2.00 bits per heavy atom. The molecular formula is C14H12N2O4. The van der Waals surface area contributed by atoms with Crippen LogP contribution in [0.3, 0.4) is 0 Å². The molecule has 0 radical (unpaired) electrons. The number of nitrogens with one attached hydrogen (secondary N) is 1. The van der Waals surface area contributed by atoms with Gasteiger partial charge in [0.05, 0.1) is 11.3 Å². The lowest BCUT2D eigenvalue weighted by Crippen LogP contribution is -2.15. The lowest BCUT2D eigenvalue weighted by atomic mass is 10.1. The number of hydrogen-bond donors (Lipinski definition) is 3. The summed E-state index contributed by atoms with van der Waals surface area (Å²) in [7, 11) is 0. The number of phenols is 1. The highest BCUT2D eigenvalue weighted by molar-refractivity contribution is 6.04. The number of amides is 1. The summed E-state index contributed by atoms with van der Waals surface area (Å²) in [6.07, 6.45) is 1.50. The summed E-state index contributed by atoms with van der Waals surface area (Å²) in [4.78, 5) is 26.7. The lowest BCUT2D eigenvalue weighted by molar-refractivity contribution is 0.0696. The highest BCUT2D eigenvalue weighted by atomic mass is 16.4. The van der Waals surface area contributed by atoms with E-state index in [0.29, 0.717) is 5.56 Å². The molecule has 1 aromatic carbocycles. The van der Waals surface area contributed by atoms with Crippen LogP contribution in [0.15, 0.2) is 36.5 Å². The van der Waals surface area contributed by atoms with Gasteiger partial charge >= 0.3 is 5.97 Å². The van der Waals surface area contributed by atoms with Crippen molar-refractivity contribution in [2.75, 3.05) is 5.32 Å². The molecule has 1 aromatic heterocycles. The Kier molecular flexibility index (Phi) is 3.65. The van der Waals surface area contributed by atoms with Crippen LogP contribution in [0.1, 0.15) is 26.4 Å². The molecule has 6 nitrogen and oxygen atoms in total. The van der Waals surface area contributed by atoms with Crippen molar-refractivity contribution in [3.05, 3.63) is 53.3 Å². The van der Waals surface area contributed by atoms with Crippen LogP contribution >= 0.6 is 0 Å². The third-order valence-electron chi connectivity index (χ3n) is 2.72. The van der Waals surface area contributed by atoms with E-state index in [4.69, 9.17) is 5.11 Å². The Balaban J connectivity index is 2.25. The molecule has 0 fully saturated rings. The van der Waals surface area contributed by atoms with Crippen LogP contribution < -0.4 is 5.32 Å². The van der Waals surface area contributed by atoms with Gasteiger partial charge in [-0.1, -0.05) is 6.07 Å². The molecule has 0 saturated heterocycles. The molecule has 0 saturated carbocycles. The average Bonchev–Trinajstić information content (AvgIpc) is 2.41. The number of nitrogens with zero attached hydrogens (tertiary/aromatic N) is 1. The number of aromatic nitrogens is 1. The van der Waals surface area contributed by atoms with Crippen molar-refractivity contribution in [2.45, 2.75) is 6.92 Å². The van der Waals surface area contributed by atoms with E-state index >= 15 is 0 Å². The Bertz CT molecular complexity index is 683. The van der Waals surface area contributed by atoms with Crippen LogP contribution in [-0.4, -0.2) is 27.1 Å². The molecule has 0 bridgehead atoms. The number of anilines is 1. The maximum absolute atomic E-state index is 12.0. The fourth-order valence-electron chi connectivity index (χ4n) is 1.68. The zero-order chi connectivity index (χ0) is 14.7. The molecule has 20 heavy (non-hydrogen) atoms. The molecule has 0 aliphatic carbocycles. The van der Waals surface area contributed by atoms with E-state index in [-0.39, 0.29) is 22.7 Å². The van der Waals surface area contributed by atoms with Crippen LogP contribution in [0, 0.1) is 6.92 Å². The molecule has 6 heteroatoms. The Morgan fingerprint density at radius 3 is 2.60 bits per heavy atom. The first-order valence-electron chi connectivity index (χ1n) is 5.78. The highest BCUT2D eigenvalue weighted by Crippen LogP contribution is 2.25. The van der Waals surface area contributed by atoms with Crippen molar-refractivity contribution < 1.29 is 19.8 Å². The minimum atomic E-state index is -1.15. The third kappa shape index (κ3) is 2.74. The van der Waals surface area contributed by atoms with Crippen LogP contribution in [-0.2, 0) is 0 Å². The van der Waals surface area contributed by atoms with Crippen LogP contribution in [0.2, 0.25) is 0 Å². The highest BCUT2D eigenvalue weighted by Gasteiger charge is 2.13. The number of hydrogen-bond acceptors (Lipinski definition) is 4. The third-order valence-corrected chi connectivity index (χ3v) is 2.72. The molecule has 0 atom stereocenters. The van der Waals surface area contributed by atoms with E-state index in [1.165, 1.54) is 18.3 Å². The minimum Gasteiger partial charge on any atom is -0.506 e. The van der Waals surface area contributed by atoms with Gasteiger partial charge in [0, 0.05) is 6.20 Å². The van der Waals surface area contributed by atoms with Gasteiger partial charge in [0.2, 0.25) is 0 Å². The largest absolute Gasteiger partial charge is 0.506 e. The summed E-state index contributed by atoms with van der Waals surface area (Å²) in [6.45, 7) is 1.75. The Labute approximate surface area is 114 Å². The molecule has 2 aromatic rings. The fourth-order valence-corrected chi connectivity index (χ4v) is 1.68. The number of phenolic OH excluding ortho intramolecular Hbond substituents is 1. The van der Waals surface area contributed by atoms with E-state index in [9.17, 15) is 14.7 Å². The Morgan fingerprint density at radius 1 is 1.25 bits per heavy atom. The van der Waals surface area contributed by atoms with Gasteiger partial charge in [-0.2, -0.15) is 0 Å². The number of aryl methyl sites for hydroxylation is 1. The molecule has 0 spiro atoms. The molecule has 0 aliphatic rings. The zero-order valence-electron chi connectivity index (χ0n) is 10.6. The van der Waals surface area contributed by atoms with Crippen molar-refractivity contribution in [1.29, 1.82) is 0 Å². The number of carboxylic acids is 1. The molecule has 3 N–H and O–H groups in total. The number of carbonyl (C=O) groups is 2. The van der Waals surface area contributed by atoms with Crippen molar-refractivity contribution in [3.63, 3.8) is 0 Å². The molecule has 1 heterocycles. The summed E-state index contributed by atoms with van der Waals surface area (Å²) in [6, 6.07) is 7.15. The zero-order valence-corrected chi connectivity index (χ0v) is 10.6. The normalized spacial score (nSPS) is 10.1. The molecule has 1 amide bonds.